The quantitative estimate of drug-likeness (QED) is 0.896. The van der Waals surface area contributed by atoms with Gasteiger partial charge < -0.3 is 14.5 Å². The monoisotopic (exact) mass is 343 g/mol. The van der Waals surface area contributed by atoms with Gasteiger partial charge in [-0.15, -0.1) is 0 Å². The maximum atomic E-state index is 12.3. The Morgan fingerprint density at radius 3 is 2.72 bits per heavy atom. The predicted octanol–water partition coefficient (Wildman–Crippen LogP) is 2.88. The van der Waals surface area contributed by atoms with Gasteiger partial charge in [-0.3, -0.25) is 14.6 Å². The predicted molar refractivity (Wildman–Crippen MR) is 89.8 cm³/mol. The van der Waals surface area contributed by atoms with Crippen molar-refractivity contribution in [2.45, 2.75) is 45.6 Å². The Hall–Kier alpha value is -2.70. The molecule has 7 nitrogen and oxygen atoms in total. The number of aliphatic carboxylic acids is 1. The molecule has 1 N–H and O–H groups in total. The Balaban J connectivity index is 1.77. The summed E-state index contributed by atoms with van der Waals surface area (Å²) in [5.74, 6) is -0.328. The molecule has 0 bridgehead atoms. The van der Waals surface area contributed by atoms with Gasteiger partial charge in [-0.05, 0) is 32.8 Å². The number of rotatable bonds is 5. The lowest BCUT2D eigenvalue weighted by Crippen LogP contribution is -2.31. The van der Waals surface area contributed by atoms with Crippen LogP contribution in [0.5, 0.6) is 0 Å². The molecule has 0 aliphatic carbocycles. The first-order chi connectivity index (χ1) is 12.0. The molecule has 7 heteroatoms. The fourth-order valence-electron chi connectivity index (χ4n) is 3.38. The van der Waals surface area contributed by atoms with Crippen molar-refractivity contribution >= 4 is 11.9 Å². The summed E-state index contributed by atoms with van der Waals surface area (Å²) in [5, 5.41) is 12.7. The van der Waals surface area contributed by atoms with Gasteiger partial charge in [0.2, 0.25) is 5.91 Å². The van der Waals surface area contributed by atoms with E-state index in [9.17, 15) is 9.59 Å². The van der Waals surface area contributed by atoms with Crippen LogP contribution >= 0.6 is 0 Å². The van der Waals surface area contributed by atoms with Gasteiger partial charge in [-0.1, -0.05) is 11.2 Å². The summed E-state index contributed by atoms with van der Waals surface area (Å²) in [4.78, 5) is 29.3. The molecule has 0 saturated carbocycles. The molecule has 1 amide bonds. The number of aryl methyl sites for hydroxylation is 2. The molecule has 1 atom stereocenters. The van der Waals surface area contributed by atoms with Gasteiger partial charge in [0.05, 0.1) is 23.9 Å². The van der Waals surface area contributed by atoms with E-state index in [2.05, 4.69) is 10.1 Å². The largest absolute Gasteiger partial charge is 0.481 e. The second-order valence-corrected chi connectivity index (χ2v) is 6.31. The summed E-state index contributed by atoms with van der Waals surface area (Å²) in [5.41, 5.74) is 3.52. The van der Waals surface area contributed by atoms with Gasteiger partial charge in [0.15, 0.2) is 0 Å². The van der Waals surface area contributed by atoms with Crippen molar-refractivity contribution in [1.82, 2.24) is 15.0 Å². The normalized spacial score (nSPS) is 17.0. The molecule has 25 heavy (non-hydrogen) atoms. The Bertz CT molecular complexity index is 763. The number of nitrogens with zero attached hydrogens (tertiary/aromatic N) is 3. The summed E-state index contributed by atoms with van der Waals surface area (Å²) in [6.45, 7) is 4.40. The number of carbonyl (C=O) groups is 2. The highest BCUT2D eigenvalue weighted by Crippen LogP contribution is 2.33. The first-order valence-corrected chi connectivity index (χ1v) is 8.38. The SMILES string of the molecule is Cc1noc(C)c1-c1ccc([C@H]2CCCN2C(=O)CCC(=O)O)nc1. The number of pyridine rings is 1. The molecule has 0 unspecified atom stereocenters. The van der Waals surface area contributed by atoms with E-state index < -0.39 is 5.97 Å². The van der Waals surface area contributed by atoms with Gasteiger partial charge in [0, 0.05) is 30.3 Å². The summed E-state index contributed by atoms with van der Waals surface area (Å²) in [6, 6.07) is 3.81. The molecular formula is C18H21N3O4. The van der Waals surface area contributed by atoms with Gasteiger partial charge >= 0.3 is 5.97 Å². The van der Waals surface area contributed by atoms with Crippen molar-refractivity contribution < 1.29 is 19.2 Å². The maximum absolute atomic E-state index is 12.3. The van der Waals surface area contributed by atoms with E-state index in [-0.39, 0.29) is 24.8 Å². The van der Waals surface area contributed by atoms with E-state index in [0.29, 0.717) is 6.54 Å². The molecular weight excluding hydrogens is 322 g/mol. The molecule has 1 saturated heterocycles. The third-order valence-electron chi connectivity index (χ3n) is 4.58. The zero-order chi connectivity index (χ0) is 18.0. The fraction of sp³-hybridized carbons (Fsp3) is 0.444. The summed E-state index contributed by atoms with van der Waals surface area (Å²) in [6.07, 6.45) is 3.41. The van der Waals surface area contributed by atoms with E-state index in [1.165, 1.54) is 0 Å². The van der Waals surface area contributed by atoms with E-state index in [0.717, 1.165) is 41.1 Å². The van der Waals surface area contributed by atoms with Crippen molar-refractivity contribution in [1.29, 1.82) is 0 Å². The molecule has 0 spiro atoms. The molecule has 3 heterocycles. The minimum atomic E-state index is -0.953. The average molecular weight is 343 g/mol. The minimum absolute atomic E-state index is 0.0307. The van der Waals surface area contributed by atoms with Crippen LogP contribution in [0.25, 0.3) is 11.1 Å². The van der Waals surface area contributed by atoms with E-state index in [4.69, 9.17) is 9.63 Å². The number of carboxylic acids is 1. The second kappa shape index (κ2) is 7.04. The lowest BCUT2D eigenvalue weighted by atomic mass is 10.0. The van der Waals surface area contributed by atoms with Crippen LogP contribution < -0.4 is 0 Å². The van der Waals surface area contributed by atoms with Crippen molar-refractivity contribution in [3.05, 3.63) is 35.5 Å². The number of hydrogen-bond acceptors (Lipinski definition) is 5. The third-order valence-corrected chi connectivity index (χ3v) is 4.58. The third kappa shape index (κ3) is 3.55. The van der Waals surface area contributed by atoms with E-state index in [1.807, 2.05) is 26.0 Å². The maximum Gasteiger partial charge on any atom is 0.303 e. The summed E-state index contributed by atoms with van der Waals surface area (Å²) < 4.78 is 5.20. The highest BCUT2D eigenvalue weighted by atomic mass is 16.5. The molecule has 1 aliphatic rings. The van der Waals surface area contributed by atoms with Crippen LogP contribution in [0.15, 0.2) is 22.9 Å². The Morgan fingerprint density at radius 1 is 1.32 bits per heavy atom. The topological polar surface area (TPSA) is 96.5 Å². The smallest absolute Gasteiger partial charge is 0.303 e. The molecule has 2 aromatic heterocycles. The van der Waals surface area contributed by atoms with Crippen LogP contribution in [-0.4, -0.2) is 38.6 Å². The van der Waals surface area contributed by atoms with Gasteiger partial charge in [-0.2, -0.15) is 0 Å². The molecule has 0 aromatic carbocycles. The second-order valence-electron chi connectivity index (χ2n) is 6.31. The number of hydrogen-bond donors (Lipinski definition) is 1. The van der Waals surface area contributed by atoms with E-state index in [1.54, 1.807) is 11.1 Å². The highest BCUT2D eigenvalue weighted by molar-refractivity contribution is 5.81. The standard InChI is InChI=1S/C18H21N3O4/c1-11-18(12(2)25-20-11)13-5-6-14(19-10-13)15-4-3-9-21(15)16(22)7-8-17(23)24/h5-6,10,15H,3-4,7-9H2,1-2H3,(H,23,24)/t15-/m1/s1. The number of amides is 1. The van der Waals surface area contributed by atoms with Gasteiger partial charge in [-0.25, -0.2) is 0 Å². The number of likely N-dealkylation sites (tertiary alicyclic amines) is 1. The number of carbonyl (C=O) groups excluding carboxylic acids is 1. The van der Waals surface area contributed by atoms with Crippen molar-refractivity contribution in [3.63, 3.8) is 0 Å². The van der Waals surface area contributed by atoms with Crippen LogP contribution in [0.4, 0.5) is 0 Å². The molecule has 1 fully saturated rings. The van der Waals surface area contributed by atoms with Gasteiger partial charge in [0.25, 0.3) is 0 Å². The molecule has 2 aromatic rings. The van der Waals surface area contributed by atoms with Crippen LogP contribution in [0.3, 0.4) is 0 Å². The molecule has 132 valence electrons. The lowest BCUT2D eigenvalue weighted by Gasteiger charge is -2.24. The van der Waals surface area contributed by atoms with Crippen LogP contribution in [-0.2, 0) is 9.59 Å². The molecule has 1 aliphatic heterocycles. The van der Waals surface area contributed by atoms with E-state index >= 15 is 0 Å². The fourth-order valence-corrected chi connectivity index (χ4v) is 3.38. The van der Waals surface area contributed by atoms with Crippen LogP contribution in [0.2, 0.25) is 0 Å². The van der Waals surface area contributed by atoms with Crippen LogP contribution in [0.1, 0.15) is 48.9 Å². The number of carboxylic acid groups (broad SMARTS) is 1. The van der Waals surface area contributed by atoms with Crippen LogP contribution in [0, 0.1) is 13.8 Å². The van der Waals surface area contributed by atoms with Crippen molar-refractivity contribution in [3.8, 4) is 11.1 Å². The van der Waals surface area contributed by atoms with Gasteiger partial charge in [0.1, 0.15) is 5.76 Å². The highest BCUT2D eigenvalue weighted by Gasteiger charge is 2.30. The summed E-state index contributed by atoms with van der Waals surface area (Å²) in [7, 11) is 0. The zero-order valence-corrected chi connectivity index (χ0v) is 14.4. The lowest BCUT2D eigenvalue weighted by molar-refractivity contribution is -0.141. The van der Waals surface area contributed by atoms with Crippen molar-refractivity contribution in [2.24, 2.45) is 0 Å². The Labute approximate surface area is 145 Å². The Kier molecular flexibility index (Phi) is 4.83. The molecule has 0 radical (unpaired) electrons. The van der Waals surface area contributed by atoms with Crippen molar-refractivity contribution in [2.75, 3.05) is 6.54 Å². The number of aromatic nitrogens is 2. The first kappa shape index (κ1) is 17.1. The average Bonchev–Trinajstić information content (AvgIpc) is 3.20. The summed E-state index contributed by atoms with van der Waals surface area (Å²) >= 11 is 0. The Morgan fingerprint density at radius 2 is 2.12 bits per heavy atom. The molecule has 3 rings (SSSR count). The first-order valence-electron chi connectivity index (χ1n) is 8.38. The zero-order valence-electron chi connectivity index (χ0n) is 14.4. The minimum Gasteiger partial charge on any atom is -0.481 e.